The van der Waals surface area contributed by atoms with E-state index in [0.29, 0.717) is 24.4 Å². The molecule has 0 aromatic heterocycles. The van der Waals surface area contributed by atoms with Gasteiger partial charge < -0.3 is 15.0 Å². The Kier molecular flexibility index (Phi) is 10.3. The van der Waals surface area contributed by atoms with E-state index in [4.69, 9.17) is 4.74 Å². The van der Waals surface area contributed by atoms with Gasteiger partial charge in [-0.2, -0.15) is 0 Å². The van der Waals surface area contributed by atoms with Crippen LogP contribution in [0.5, 0.6) is 5.75 Å². The van der Waals surface area contributed by atoms with Crippen molar-refractivity contribution >= 4 is 27.5 Å². The van der Waals surface area contributed by atoms with Gasteiger partial charge in [-0.25, -0.2) is 8.42 Å². The molecule has 0 radical (unpaired) electrons. The second-order valence-corrected chi connectivity index (χ2v) is 10.7. The maximum atomic E-state index is 13.8. The van der Waals surface area contributed by atoms with Gasteiger partial charge in [0.25, 0.3) is 10.0 Å². The number of anilines is 1. The second kappa shape index (κ2) is 13.6. The first-order valence-electron chi connectivity index (χ1n) is 12.6. The minimum atomic E-state index is -4.11. The molecule has 3 rings (SSSR count). The molecular formula is C29H35N3O5S. The van der Waals surface area contributed by atoms with Crippen LogP contribution in [-0.4, -0.2) is 57.9 Å². The van der Waals surface area contributed by atoms with Crippen LogP contribution in [0, 0.1) is 0 Å². The molecule has 0 saturated carbocycles. The fourth-order valence-corrected chi connectivity index (χ4v) is 5.38. The van der Waals surface area contributed by atoms with Crippen molar-refractivity contribution in [1.82, 2.24) is 10.2 Å². The zero-order chi connectivity index (χ0) is 27.5. The predicted molar refractivity (Wildman–Crippen MR) is 149 cm³/mol. The van der Waals surface area contributed by atoms with E-state index in [0.717, 1.165) is 16.3 Å². The minimum absolute atomic E-state index is 0.0273. The van der Waals surface area contributed by atoms with Crippen LogP contribution in [0.25, 0.3) is 0 Å². The van der Waals surface area contributed by atoms with E-state index in [-0.39, 0.29) is 17.3 Å². The summed E-state index contributed by atoms with van der Waals surface area (Å²) in [5.41, 5.74) is 1.36. The molecule has 0 spiro atoms. The smallest absolute Gasteiger partial charge is 0.264 e. The summed E-state index contributed by atoms with van der Waals surface area (Å²) in [4.78, 5) is 28.1. The lowest BCUT2D eigenvalue weighted by molar-refractivity contribution is -0.138. The molecule has 0 aliphatic carbocycles. The molecule has 0 aliphatic rings. The Morgan fingerprint density at radius 3 is 2.11 bits per heavy atom. The van der Waals surface area contributed by atoms with Gasteiger partial charge in [0.05, 0.1) is 17.7 Å². The van der Waals surface area contributed by atoms with Crippen LogP contribution in [0.3, 0.4) is 0 Å². The van der Waals surface area contributed by atoms with Crippen molar-refractivity contribution in [2.24, 2.45) is 0 Å². The Bertz CT molecular complexity index is 1280. The average Bonchev–Trinajstić information content (AvgIpc) is 2.95. The quantitative estimate of drug-likeness (QED) is 0.357. The number of carbonyl (C=O) groups is 2. The molecule has 2 amide bonds. The highest BCUT2D eigenvalue weighted by Gasteiger charge is 2.32. The molecule has 0 aliphatic heterocycles. The van der Waals surface area contributed by atoms with Crippen molar-refractivity contribution in [3.8, 4) is 5.75 Å². The molecule has 8 nitrogen and oxygen atoms in total. The third kappa shape index (κ3) is 7.35. The third-order valence-electron chi connectivity index (χ3n) is 6.17. The maximum Gasteiger partial charge on any atom is 0.264 e. The van der Waals surface area contributed by atoms with Crippen LogP contribution < -0.4 is 14.4 Å². The summed E-state index contributed by atoms with van der Waals surface area (Å²) in [5.74, 6) is -0.233. The highest BCUT2D eigenvalue weighted by atomic mass is 32.2. The number of nitrogens with zero attached hydrogens (tertiary/aromatic N) is 2. The van der Waals surface area contributed by atoms with Gasteiger partial charge in [0.2, 0.25) is 11.8 Å². The Morgan fingerprint density at radius 1 is 0.921 bits per heavy atom. The van der Waals surface area contributed by atoms with E-state index < -0.39 is 28.5 Å². The molecule has 1 atom stereocenters. The van der Waals surface area contributed by atoms with Gasteiger partial charge in [0.15, 0.2) is 0 Å². The van der Waals surface area contributed by atoms with E-state index in [1.165, 1.54) is 24.1 Å². The Morgan fingerprint density at radius 2 is 1.53 bits per heavy atom. The molecule has 1 N–H and O–H groups in total. The van der Waals surface area contributed by atoms with Crippen LogP contribution in [-0.2, 0) is 26.0 Å². The number of ether oxygens (including phenoxy) is 1. The number of hydrogen-bond donors (Lipinski definition) is 1. The summed E-state index contributed by atoms with van der Waals surface area (Å²) in [6.45, 7) is 3.91. The second-order valence-electron chi connectivity index (χ2n) is 8.81. The molecule has 9 heteroatoms. The summed E-state index contributed by atoms with van der Waals surface area (Å²) in [6, 6.07) is 23.4. The number of carbonyl (C=O) groups excluding carboxylic acids is 2. The monoisotopic (exact) mass is 537 g/mol. The van der Waals surface area contributed by atoms with Gasteiger partial charge in [0, 0.05) is 13.1 Å². The first-order valence-corrected chi connectivity index (χ1v) is 14.0. The van der Waals surface area contributed by atoms with E-state index >= 15 is 0 Å². The number of nitrogens with one attached hydrogen (secondary N) is 1. The molecule has 0 fully saturated rings. The first kappa shape index (κ1) is 28.7. The van der Waals surface area contributed by atoms with E-state index in [9.17, 15) is 18.0 Å². The van der Waals surface area contributed by atoms with E-state index in [1.54, 1.807) is 49.4 Å². The molecule has 0 bridgehead atoms. The lowest BCUT2D eigenvalue weighted by atomic mass is 10.1. The van der Waals surface area contributed by atoms with Gasteiger partial charge in [-0.1, -0.05) is 55.5 Å². The number of sulfonamides is 1. The van der Waals surface area contributed by atoms with Crippen molar-refractivity contribution < 1.29 is 22.7 Å². The molecule has 3 aromatic rings. The highest BCUT2D eigenvalue weighted by molar-refractivity contribution is 7.92. The van der Waals surface area contributed by atoms with Crippen molar-refractivity contribution in [3.05, 3.63) is 90.5 Å². The minimum Gasteiger partial charge on any atom is -0.497 e. The summed E-state index contributed by atoms with van der Waals surface area (Å²) < 4.78 is 33.7. The van der Waals surface area contributed by atoms with Gasteiger partial charge in [0.1, 0.15) is 18.3 Å². The highest BCUT2D eigenvalue weighted by Crippen LogP contribution is 2.25. The van der Waals surface area contributed by atoms with Gasteiger partial charge in [-0.15, -0.1) is 0 Å². The lowest BCUT2D eigenvalue weighted by Gasteiger charge is -2.32. The van der Waals surface area contributed by atoms with Crippen LogP contribution in [0.1, 0.15) is 25.8 Å². The SMILES string of the molecule is CCCNC(=O)[C@H](C)N(CCc1ccccc1)C(=O)CN(c1ccccc1)S(=O)(=O)c1ccc(OC)cc1. The molecule has 0 saturated heterocycles. The predicted octanol–water partition coefficient (Wildman–Crippen LogP) is 3.88. The van der Waals surface area contributed by atoms with Crippen molar-refractivity contribution in [2.75, 3.05) is 31.0 Å². The topological polar surface area (TPSA) is 96.0 Å². The molecule has 202 valence electrons. The van der Waals surface area contributed by atoms with Crippen molar-refractivity contribution in [1.29, 1.82) is 0 Å². The summed E-state index contributed by atoms with van der Waals surface area (Å²) in [6.07, 6.45) is 1.28. The van der Waals surface area contributed by atoms with Gasteiger partial charge in [-0.05, 0) is 61.7 Å². The molecule has 3 aromatic carbocycles. The molecular weight excluding hydrogens is 502 g/mol. The standard InChI is InChI=1S/C29H35N3O5S/c1-4-20-30-29(34)23(2)31(21-19-24-11-7-5-8-12-24)28(33)22-32(25-13-9-6-10-14-25)38(35,36)27-17-15-26(37-3)16-18-27/h5-18,23H,4,19-22H2,1-3H3,(H,30,34)/t23-/m0/s1. The Balaban J connectivity index is 1.93. The molecule has 38 heavy (non-hydrogen) atoms. The zero-order valence-electron chi connectivity index (χ0n) is 22.0. The molecule has 0 heterocycles. The fraction of sp³-hybridized carbons (Fsp3) is 0.310. The van der Waals surface area contributed by atoms with Crippen LogP contribution >= 0.6 is 0 Å². The largest absolute Gasteiger partial charge is 0.497 e. The number of para-hydroxylation sites is 1. The summed E-state index contributed by atoms with van der Waals surface area (Å²) in [7, 11) is -2.60. The maximum absolute atomic E-state index is 13.8. The fourth-order valence-electron chi connectivity index (χ4n) is 3.96. The van der Waals surface area contributed by atoms with Crippen molar-refractivity contribution in [2.45, 2.75) is 37.6 Å². The summed E-state index contributed by atoms with van der Waals surface area (Å²) >= 11 is 0. The number of benzene rings is 3. The zero-order valence-corrected chi connectivity index (χ0v) is 22.9. The van der Waals surface area contributed by atoms with Gasteiger partial charge >= 0.3 is 0 Å². The number of amides is 2. The van der Waals surface area contributed by atoms with Crippen LogP contribution in [0.2, 0.25) is 0 Å². The van der Waals surface area contributed by atoms with Crippen LogP contribution in [0.4, 0.5) is 5.69 Å². The number of rotatable bonds is 13. The summed E-state index contributed by atoms with van der Waals surface area (Å²) in [5, 5.41) is 2.84. The van der Waals surface area contributed by atoms with Crippen LogP contribution in [0.15, 0.2) is 89.8 Å². The van der Waals surface area contributed by atoms with Crippen molar-refractivity contribution in [3.63, 3.8) is 0 Å². The Hall–Kier alpha value is -3.85. The molecule has 0 unspecified atom stereocenters. The number of hydrogen-bond acceptors (Lipinski definition) is 5. The first-order chi connectivity index (χ1) is 18.3. The third-order valence-corrected chi connectivity index (χ3v) is 7.96. The van der Waals surface area contributed by atoms with E-state index in [2.05, 4.69) is 5.32 Å². The average molecular weight is 538 g/mol. The normalized spacial score (nSPS) is 11.9. The van der Waals surface area contributed by atoms with Gasteiger partial charge in [-0.3, -0.25) is 13.9 Å². The Labute approximate surface area is 225 Å². The lowest BCUT2D eigenvalue weighted by Crippen LogP contribution is -2.52. The van der Waals surface area contributed by atoms with E-state index in [1.807, 2.05) is 37.3 Å². The number of methoxy groups -OCH3 is 1.